The molecule has 116 valence electrons. The molecule has 0 aliphatic carbocycles. The van der Waals surface area contributed by atoms with Gasteiger partial charge in [0.2, 0.25) is 5.91 Å². The quantitative estimate of drug-likeness (QED) is 0.890. The van der Waals surface area contributed by atoms with Gasteiger partial charge in [-0.15, -0.1) is 11.3 Å². The number of carbonyl (C=O) groups is 2. The second-order valence-electron chi connectivity index (χ2n) is 5.17. The van der Waals surface area contributed by atoms with Crippen LogP contribution in [0.25, 0.3) is 0 Å². The van der Waals surface area contributed by atoms with Gasteiger partial charge in [-0.2, -0.15) is 0 Å². The summed E-state index contributed by atoms with van der Waals surface area (Å²) in [5, 5.41) is 12.0. The number of amides is 1. The number of thiophene rings is 1. The van der Waals surface area contributed by atoms with Gasteiger partial charge in [-0.3, -0.25) is 4.79 Å². The van der Waals surface area contributed by atoms with Crippen LogP contribution in [0.3, 0.4) is 0 Å². The average molecular weight is 321 g/mol. The number of aliphatic carboxylic acids is 1. The topological polar surface area (TPSA) is 66.4 Å². The molecule has 1 aromatic heterocycles. The first kappa shape index (κ1) is 16.2. The lowest BCUT2D eigenvalue weighted by atomic mass is 9.92. The lowest BCUT2D eigenvalue weighted by molar-refractivity contribution is -0.147. The van der Waals surface area contributed by atoms with E-state index in [2.05, 4.69) is 5.32 Å². The zero-order valence-corrected chi connectivity index (χ0v) is 13.0. The fourth-order valence-corrected chi connectivity index (χ4v) is 2.98. The zero-order chi connectivity index (χ0) is 16.3. The third-order valence-corrected chi connectivity index (χ3v) is 4.37. The first-order chi connectivity index (χ1) is 10.3. The Labute approximate surface area is 131 Å². The van der Waals surface area contributed by atoms with Gasteiger partial charge in [0.1, 0.15) is 5.82 Å². The van der Waals surface area contributed by atoms with Gasteiger partial charge < -0.3 is 10.4 Å². The van der Waals surface area contributed by atoms with Crippen molar-refractivity contribution in [2.75, 3.05) is 0 Å². The molecule has 1 aromatic carbocycles. The molecule has 22 heavy (non-hydrogen) atoms. The molecule has 1 unspecified atom stereocenters. The van der Waals surface area contributed by atoms with Crippen LogP contribution < -0.4 is 5.32 Å². The first-order valence-corrected chi connectivity index (χ1v) is 7.48. The molecule has 0 spiro atoms. The lowest BCUT2D eigenvalue weighted by Crippen LogP contribution is -2.50. The summed E-state index contributed by atoms with van der Waals surface area (Å²) in [7, 11) is 0. The first-order valence-electron chi connectivity index (χ1n) is 6.67. The van der Waals surface area contributed by atoms with Crippen LogP contribution in [0.1, 0.15) is 22.2 Å². The van der Waals surface area contributed by atoms with E-state index < -0.39 is 23.2 Å². The van der Waals surface area contributed by atoms with E-state index in [1.165, 1.54) is 42.5 Å². The zero-order valence-electron chi connectivity index (χ0n) is 12.2. The maximum Gasteiger partial charge on any atom is 0.333 e. The predicted molar refractivity (Wildman–Crippen MR) is 82.3 cm³/mol. The van der Waals surface area contributed by atoms with E-state index in [-0.39, 0.29) is 6.42 Å². The number of hydrogen-bond acceptors (Lipinski definition) is 3. The van der Waals surface area contributed by atoms with Crippen molar-refractivity contribution in [3.05, 3.63) is 57.5 Å². The molecule has 1 atom stereocenters. The van der Waals surface area contributed by atoms with Crippen LogP contribution in [0.4, 0.5) is 4.39 Å². The van der Waals surface area contributed by atoms with Crippen molar-refractivity contribution >= 4 is 23.2 Å². The average Bonchev–Trinajstić information content (AvgIpc) is 2.84. The number of halogens is 1. The Hall–Kier alpha value is -2.21. The summed E-state index contributed by atoms with van der Waals surface area (Å²) in [6, 6.07) is 8.81. The van der Waals surface area contributed by atoms with E-state index in [1.807, 2.05) is 19.1 Å². The number of carbonyl (C=O) groups excluding carboxylic acids is 1. The maximum atomic E-state index is 13.0. The fraction of sp³-hybridized carbons (Fsp3) is 0.250. The van der Waals surface area contributed by atoms with Crippen LogP contribution in [0.2, 0.25) is 0 Å². The van der Waals surface area contributed by atoms with Crippen LogP contribution in [0.5, 0.6) is 0 Å². The van der Waals surface area contributed by atoms with Crippen LogP contribution >= 0.6 is 11.3 Å². The fourth-order valence-electron chi connectivity index (χ4n) is 2.09. The van der Waals surface area contributed by atoms with Gasteiger partial charge in [-0.05, 0) is 43.7 Å². The van der Waals surface area contributed by atoms with E-state index in [0.717, 1.165) is 9.75 Å². The molecule has 6 heteroatoms. The molecule has 4 nitrogen and oxygen atoms in total. The van der Waals surface area contributed by atoms with Crippen LogP contribution in [-0.2, 0) is 21.5 Å². The molecule has 0 saturated carbocycles. The van der Waals surface area contributed by atoms with Crippen molar-refractivity contribution in [1.29, 1.82) is 0 Å². The largest absolute Gasteiger partial charge is 0.479 e. The van der Waals surface area contributed by atoms with Gasteiger partial charge in [-0.25, -0.2) is 9.18 Å². The van der Waals surface area contributed by atoms with Crippen molar-refractivity contribution in [3.63, 3.8) is 0 Å². The van der Waals surface area contributed by atoms with E-state index in [0.29, 0.717) is 5.56 Å². The molecule has 2 N–H and O–H groups in total. The number of carboxylic acid groups (broad SMARTS) is 1. The Morgan fingerprint density at radius 3 is 2.36 bits per heavy atom. The monoisotopic (exact) mass is 321 g/mol. The Morgan fingerprint density at radius 1 is 1.23 bits per heavy atom. The van der Waals surface area contributed by atoms with Gasteiger partial charge in [0, 0.05) is 9.75 Å². The molecular formula is C16H16FNO3S. The second-order valence-corrected chi connectivity index (χ2v) is 6.55. The minimum absolute atomic E-state index is 0.114. The number of carboxylic acids is 1. The summed E-state index contributed by atoms with van der Waals surface area (Å²) >= 11 is 1.49. The summed E-state index contributed by atoms with van der Waals surface area (Å²) < 4.78 is 13.0. The lowest BCUT2D eigenvalue weighted by Gasteiger charge is -2.26. The van der Waals surface area contributed by atoms with Gasteiger partial charge in [0.05, 0.1) is 6.42 Å². The Balaban J connectivity index is 2.19. The summed E-state index contributed by atoms with van der Waals surface area (Å²) in [5.74, 6) is -2.05. The summed E-state index contributed by atoms with van der Waals surface area (Å²) in [5.41, 5.74) is -1.28. The summed E-state index contributed by atoms with van der Waals surface area (Å²) in [6.07, 6.45) is 0.114. The smallest absolute Gasteiger partial charge is 0.333 e. The summed E-state index contributed by atoms with van der Waals surface area (Å²) in [6.45, 7) is 3.33. The third-order valence-electron chi connectivity index (χ3n) is 3.37. The van der Waals surface area contributed by atoms with Gasteiger partial charge in [0.15, 0.2) is 5.54 Å². The Morgan fingerprint density at radius 2 is 1.86 bits per heavy atom. The molecule has 1 heterocycles. The van der Waals surface area contributed by atoms with E-state index >= 15 is 0 Å². The van der Waals surface area contributed by atoms with Crippen molar-refractivity contribution in [3.8, 4) is 0 Å². The molecule has 0 aliphatic rings. The van der Waals surface area contributed by atoms with Crippen molar-refractivity contribution < 1.29 is 19.1 Å². The highest BCUT2D eigenvalue weighted by Crippen LogP contribution is 2.22. The minimum atomic E-state index is -1.60. The normalized spacial score (nSPS) is 13.4. The van der Waals surface area contributed by atoms with Gasteiger partial charge in [0.25, 0.3) is 0 Å². The van der Waals surface area contributed by atoms with Crippen molar-refractivity contribution in [2.24, 2.45) is 0 Å². The van der Waals surface area contributed by atoms with Crippen molar-refractivity contribution in [2.45, 2.75) is 25.8 Å². The molecular weight excluding hydrogens is 305 g/mol. The Bertz CT molecular complexity index is 696. The molecule has 2 rings (SSSR count). The molecule has 0 fully saturated rings. The van der Waals surface area contributed by atoms with Crippen LogP contribution in [0.15, 0.2) is 36.4 Å². The van der Waals surface area contributed by atoms with E-state index in [4.69, 9.17) is 0 Å². The maximum absolute atomic E-state index is 13.0. The molecule has 1 amide bonds. The Kier molecular flexibility index (Phi) is 4.61. The van der Waals surface area contributed by atoms with Crippen LogP contribution in [0, 0.1) is 12.7 Å². The third kappa shape index (κ3) is 3.51. The number of nitrogens with one attached hydrogen (secondary N) is 1. The van der Waals surface area contributed by atoms with Crippen LogP contribution in [-0.4, -0.2) is 17.0 Å². The van der Waals surface area contributed by atoms with E-state index in [1.54, 1.807) is 0 Å². The van der Waals surface area contributed by atoms with Gasteiger partial charge >= 0.3 is 5.97 Å². The highest BCUT2D eigenvalue weighted by molar-refractivity contribution is 7.12. The van der Waals surface area contributed by atoms with E-state index in [9.17, 15) is 19.1 Å². The highest BCUT2D eigenvalue weighted by atomic mass is 32.1. The summed E-state index contributed by atoms with van der Waals surface area (Å²) in [4.78, 5) is 25.7. The number of hydrogen-bond donors (Lipinski definition) is 2. The molecule has 2 aromatic rings. The minimum Gasteiger partial charge on any atom is -0.479 e. The van der Waals surface area contributed by atoms with Gasteiger partial charge in [-0.1, -0.05) is 12.1 Å². The number of rotatable bonds is 5. The highest BCUT2D eigenvalue weighted by Gasteiger charge is 2.36. The number of aryl methyl sites for hydroxylation is 1. The predicted octanol–water partition coefficient (Wildman–Crippen LogP) is 2.85. The second kappa shape index (κ2) is 6.27. The molecule has 0 bridgehead atoms. The number of benzene rings is 1. The molecule has 0 aliphatic heterocycles. The van der Waals surface area contributed by atoms with Crippen molar-refractivity contribution in [1.82, 2.24) is 5.32 Å². The standard InChI is InChI=1S/C16H16FNO3S/c1-10-3-8-13(22-10)9-14(19)18-16(2,15(20)21)11-4-6-12(17)7-5-11/h3-8H,9H2,1-2H3,(H,18,19)(H,20,21). The molecule has 0 radical (unpaired) electrons. The SMILES string of the molecule is Cc1ccc(CC(=O)NC(C)(C(=O)O)c2ccc(F)cc2)s1. The molecule has 0 saturated heterocycles.